The minimum Gasteiger partial charge on any atom is -0.458 e. The molecule has 0 amide bonds. The predicted octanol–water partition coefficient (Wildman–Crippen LogP) is 19.2. The molecule has 11 aromatic carbocycles. The molecule has 7 heteroatoms. The molecular weight excluding hydrogens is 1040 g/mol. The molecule has 0 saturated heterocycles. The topological polar surface area (TPSA) is 53.2 Å². The van der Waals surface area contributed by atoms with Gasteiger partial charge in [0.25, 0.3) is 6.33 Å². The van der Waals surface area contributed by atoms with Crippen molar-refractivity contribution in [3.63, 3.8) is 0 Å². The lowest BCUT2D eigenvalue weighted by atomic mass is 9.88. The number of rotatable bonds is 11. The van der Waals surface area contributed by atoms with Crippen molar-refractivity contribution in [1.82, 2.24) is 23.5 Å². The van der Waals surface area contributed by atoms with E-state index in [1.807, 2.05) is 12.3 Å². The third-order valence-electron chi connectivity index (χ3n) is 16.4. The van der Waals surface area contributed by atoms with Crippen LogP contribution in [0.4, 0.5) is 0 Å². The van der Waals surface area contributed by atoms with Crippen molar-refractivity contribution in [2.24, 2.45) is 0 Å². The van der Waals surface area contributed by atoms with E-state index in [-0.39, 0.29) is 5.41 Å². The molecule has 0 aliphatic carbocycles. The molecule has 0 atom stereocenters. The molecule has 0 aliphatic rings. The summed E-state index contributed by atoms with van der Waals surface area (Å²) in [4.78, 5) is 10.2. The first-order valence-corrected chi connectivity index (χ1v) is 29.0. The fourth-order valence-corrected chi connectivity index (χ4v) is 12.1. The minimum atomic E-state index is -0.0808. The number of aryl methyl sites for hydroxylation is 1. The minimum absolute atomic E-state index is 0.0808. The monoisotopic (exact) mass is 1090 g/mol. The lowest BCUT2D eigenvalue weighted by molar-refractivity contribution is -0.571. The molecule has 4 heterocycles. The quantitative estimate of drug-likeness (QED) is 0.0958. The molecule has 85 heavy (non-hydrogen) atoms. The number of fused-ring (bicyclic) bond motifs is 6. The Bertz CT molecular complexity index is 4750. The molecule has 0 radical (unpaired) electrons. The van der Waals surface area contributed by atoms with Crippen LogP contribution in [0.25, 0.3) is 123 Å². The molecule has 4 aromatic heterocycles. The van der Waals surface area contributed by atoms with Crippen LogP contribution in [0.1, 0.15) is 31.9 Å². The molecule has 0 unspecified atom stereocenters. The van der Waals surface area contributed by atoms with Crippen molar-refractivity contribution in [2.75, 3.05) is 0 Å². The summed E-state index contributed by atoms with van der Waals surface area (Å²) in [5, 5.41) is 0. The summed E-state index contributed by atoms with van der Waals surface area (Å²) in [6, 6.07) is 97.4. The smallest absolute Gasteiger partial charge is 0.269 e. The van der Waals surface area contributed by atoms with Gasteiger partial charge in [0, 0.05) is 12.3 Å². The van der Waals surface area contributed by atoms with Gasteiger partial charge in [-0.05, 0) is 175 Å². The maximum Gasteiger partial charge on any atom is 0.269 e. The first kappa shape index (κ1) is 51.0. The zero-order chi connectivity index (χ0) is 57.2. The van der Waals surface area contributed by atoms with Crippen LogP contribution in [0.2, 0.25) is 0 Å². The number of para-hydroxylation sites is 4. The second-order valence-electron chi connectivity index (χ2n) is 23.0. The molecule has 0 aliphatic heterocycles. The fourth-order valence-electron chi connectivity index (χ4n) is 12.1. The number of benzene rings is 11. The van der Waals surface area contributed by atoms with Crippen molar-refractivity contribution < 1.29 is 9.30 Å². The molecular formula is C78H58N6O. The average Bonchev–Trinajstić information content (AvgIpc) is 1.70. The number of nitrogens with zero attached hydrogens (tertiary/aromatic N) is 6. The predicted molar refractivity (Wildman–Crippen MR) is 347 cm³/mol. The standard InChI is InChI=1S/C78H58N6O/c1-52-22-19-37-72-75(52)80-77-83(72)71-39-38-66(50-73(71)84(77)74-48-63(40-41-79-74)78(2,3)4)85-65-32-20-31-64(49-65)81-51-82(70-36-18-17-35-69(70)81)76-67(61-44-57(53-23-9-5-10-24-53)42-58(45-61)54-25-11-6-12-26-54)33-21-34-68(76)62-46-59(55-27-13-7-14-28-55)43-60(47-62)56-29-15-8-16-30-56/h5-50H,1-4H3. The molecule has 0 bridgehead atoms. The molecule has 15 rings (SSSR count). The van der Waals surface area contributed by atoms with E-state index in [0.29, 0.717) is 11.5 Å². The highest BCUT2D eigenvalue weighted by atomic mass is 16.5. The summed E-state index contributed by atoms with van der Waals surface area (Å²) in [5.74, 6) is 2.97. The lowest BCUT2D eigenvalue weighted by Gasteiger charge is -2.20. The van der Waals surface area contributed by atoms with E-state index in [0.717, 1.165) is 128 Å². The SMILES string of the molecule is Cc1cccc2c1nc1n(-c3cc(C(C)(C)C)ccn3)c3cc(Oc4cccc(-n5[c-][n+](-c6c(-c7cc(-c8ccccc8)cc(-c8ccccc8)c7)cccc6-c6cc(-c7ccccc7)cc(-c7ccccc7)c6)c6ccccc65)c4)ccc3n21. The molecule has 0 N–H and O–H groups in total. The Kier molecular flexibility index (Phi) is 12.5. The highest BCUT2D eigenvalue weighted by Gasteiger charge is 2.24. The Morgan fingerprint density at radius 3 is 1.53 bits per heavy atom. The van der Waals surface area contributed by atoms with E-state index in [2.05, 4.69) is 319 Å². The third-order valence-corrected chi connectivity index (χ3v) is 16.4. The van der Waals surface area contributed by atoms with Crippen LogP contribution < -0.4 is 9.30 Å². The number of hydrogen-bond acceptors (Lipinski definition) is 3. The Balaban J connectivity index is 0.910. The molecule has 15 aromatic rings. The van der Waals surface area contributed by atoms with Crippen LogP contribution in [-0.4, -0.2) is 23.5 Å². The number of imidazole rings is 3. The first-order valence-electron chi connectivity index (χ1n) is 29.0. The van der Waals surface area contributed by atoms with E-state index in [1.54, 1.807) is 0 Å². The van der Waals surface area contributed by atoms with Crippen LogP contribution in [0.15, 0.2) is 279 Å². The second-order valence-corrected chi connectivity index (χ2v) is 23.0. The Hall–Kier alpha value is -10.9. The number of ether oxygens (including phenoxy) is 1. The van der Waals surface area contributed by atoms with E-state index in [1.165, 1.54) is 5.56 Å². The summed E-state index contributed by atoms with van der Waals surface area (Å²) in [5.41, 5.74) is 23.5. The Morgan fingerprint density at radius 2 is 0.941 bits per heavy atom. The molecule has 0 spiro atoms. The summed E-state index contributed by atoms with van der Waals surface area (Å²) in [6.45, 7) is 8.81. The van der Waals surface area contributed by atoms with Crippen LogP contribution in [0.5, 0.6) is 11.5 Å². The maximum absolute atomic E-state index is 6.95. The Labute approximate surface area is 494 Å². The average molecular weight is 1100 g/mol. The zero-order valence-corrected chi connectivity index (χ0v) is 47.6. The van der Waals surface area contributed by atoms with E-state index >= 15 is 0 Å². The van der Waals surface area contributed by atoms with Crippen LogP contribution in [0.3, 0.4) is 0 Å². The van der Waals surface area contributed by atoms with Crippen LogP contribution in [-0.2, 0) is 5.41 Å². The van der Waals surface area contributed by atoms with Gasteiger partial charge in [0.05, 0.1) is 44.5 Å². The first-order chi connectivity index (χ1) is 41.7. The molecule has 7 nitrogen and oxygen atoms in total. The second kappa shape index (κ2) is 20.8. The van der Waals surface area contributed by atoms with Crippen molar-refractivity contribution in [3.05, 3.63) is 297 Å². The normalized spacial score (nSPS) is 11.8. The van der Waals surface area contributed by atoms with E-state index in [9.17, 15) is 0 Å². The third kappa shape index (κ3) is 9.33. The number of hydrogen-bond donors (Lipinski definition) is 0. The van der Waals surface area contributed by atoms with E-state index in [4.69, 9.17) is 14.7 Å². The van der Waals surface area contributed by atoms with Crippen molar-refractivity contribution in [1.29, 1.82) is 0 Å². The van der Waals surface area contributed by atoms with Crippen molar-refractivity contribution in [2.45, 2.75) is 33.1 Å². The molecule has 0 saturated carbocycles. The number of pyridine rings is 1. The fraction of sp³-hybridized carbons (Fsp3) is 0.0641. The van der Waals surface area contributed by atoms with Gasteiger partial charge in [0.2, 0.25) is 5.78 Å². The van der Waals surface area contributed by atoms with Crippen LogP contribution >= 0.6 is 0 Å². The zero-order valence-electron chi connectivity index (χ0n) is 47.6. The summed E-state index contributed by atoms with van der Waals surface area (Å²) < 4.78 is 15.8. The molecule has 0 fully saturated rings. The van der Waals surface area contributed by atoms with Gasteiger partial charge < -0.3 is 4.74 Å². The molecule has 406 valence electrons. The maximum atomic E-state index is 6.95. The highest BCUT2D eigenvalue weighted by molar-refractivity contribution is 5.94. The largest absolute Gasteiger partial charge is 0.458 e. The van der Waals surface area contributed by atoms with Gasteiger partial charge in [-0.1, -0.05) is 203 Å². The Morgan fingerprint density at radius 1 is 0.424 bits per heavy atom. The lowest BCUT2D eigenvalue weighted by Crippen LogP contribution is -2.31. The van der Waals surface area contributed by atoms with Gasteiger partial charge in [-0.15, -0.1) is 0 Å². The highest BCUT2D eigenvalue weighted by Crippen LogP contribution is 2.42. The number of aromatic nitrogens is 6. The summed E-state index contributed by atoms with van der Waals surface area (Å²) >= 11 is 0. The van der Waals surface area contributed by atoms with Crippen molar-refractivity contribution in [3.8, 4) is 95.5 Å². The summed E-state index contributed by atoms with van der Waals surface area (Å²) in [6.07, 6.45) is 5.87. The van der Waals surface area contributed by atoms with Gasteiger partial charge >= 0.3 is 0 Å². The van der Waals surface area contributed by atoms with E-state index < -0.39 is 0 Å². The van der Waals surface area contributed by atoms with Gasteiger partial charge in [0.1, 0.15) is 17.3 Å². The van der Waals surface area contributed by atoms with Gasteiger partial charge in [-0.25, -0.2) is 9.97 Å². The van der Waals surface area contributed by atoms with Gasteiger partial charge in [-0.3, -0.25) is 18.1 Å². The van der Waals surface area contributed by atoms with Gasteiger partial charge in [0.15, 0.2) is 0 Å². The van der Waals surface area contributed by atoms with Crippen molar-refractivity contribution >= 4 is 38.9 Å². The van der Waals surface area contributed by atoms with Crippen LogP contribution in [0, 0.1) is 13.3 Å². The van der Waals surface area contributed by atoms with Gasteiger partial charge in [-0.2, -0.15) is 0 Å². The summed E-state index contributed by atoms with van der Waals surface area (Å²) in [7, 11) is 0.